The van der Waals surface area contributed by atoms with Gasteiger partial charge in [-0.25, -0.2) is 4.98 Å². The first-order valence-electron chi connectivity index (χ1n) is 2.52. The van der Waals surface area contributed by atoms with E-state index >= 15 is 0 Å². The summed E-state index contributed by atoms with van der Waals surface area (Å²) in [5.74, 6) is 0. The molecule has 0 spiro atoms. The van der Waals surface area contributed by atoms with Crippen LogP contribution in [0, 0.1) is 6.92 Å². The molecule has 1 nitrogen and oxygen atoms in total. The van der Waals surface area contributed by atoms with E-state index in [-0.39, 0.29) is 0 Å². The van der Waals surface area contributed by atoms with Gasteiger partial charge in [-0.3, -0.25) is 0 Å². The van der Waals surface area contributed by atoms with Crippen molar-refractivity contribution in [3.05, 3.63) is 23.1 Å². The fraction of sp³-hybridized carbons (Fsp3) is 0.167. The molecule has 48 valence electrons. The number of thiazole rings is 1. The second-order valence-corrected chi connectivity index (χ2v) is 3.61. The number of aryl methyl sites for hydroxylation is 1. The van der Waals surface area contributed by atoms with Crippen LogP contribution < -0.4 is 0 Å². The molecule has 0 saturated heterocycles. The van der Waals surface area contributed by atoms with Gasteiger partial charge in [0.05, 0.1) is 0 Å². The Hall–Kier alpha value is -0.280. The molecule has 0 bridgehead atoms. The van der Waals surface area contributed by atoms with Gasteiger partial charge in [-0.1, -0.05) is 18.3 Å². The van der Waals surface area contributed by atoms with Crippen LogP contribution in [0.2, 0.25) is 0 Å². The molecule has 0 fully saturated rings. The second-order valence-electron chi connectivity index (χ2n) is 1.54. The van der Waals surface area contributed by atoms with Crippen molar-refractivity contribution in [2.75, 3.05) is 0 Å². The summed E-state index contributed by atoms with van der Waals surface area (Å²) < 4.78 is 1.07. The van der Waals surface area contributed by atoms with E-state index in [1.165, 1.54) is 0 Å². The van der Waals surface area contributed by atoms with Crippen molar-refractivity contribution in [1.82, 2.24) is 4.98 Å². The van der Waals surface area contributed by atoms with Crippen LogP contribution in [0.15, 0.2) is 21.7 Å². The molecule has 0 aliphatic heterocycles. The second kappa shape index (κ2) is 3.03. The van der Waals surface area contributed by atoms with Gasteiger partial charge in [-0.05, 0) is 12.3 Å². The van der Waals surface area contributed by atoms with Crippen LogP contribution in [-0.2, 0) is 0 Å². The maximum Gasteiger partial charge on any atom is 0.154 e. The van der Waals surface area contributed by atoms with E-state index in [1.54, 1.807) is 28.5 Å². The zero-order chi connectivity index (χ0) is 6.69. The van der Waals surface area contributed by atoms with Crippen LogP contribution >= 0.6 is 23.1 Å². The predicted molar refractivity (Wildman–Crippen MR) is 42.9 cm³/mol. The van der Waals surface area contributed by atoms with Crippen LogP contribution in [0.1, 0.15) is 5.69 Å². The molecule has 0 radical (unpaired) electrons. The molecule has 3 heteroatoms. The quantitative estimate of drug-likeness (QED) is 0.612. The van der Waals surface area contributed by atoms with Crippen molar-refractivity contribution in [1.29, 1.82) is 0 Å². The molecule has 0 aliphatic rings. The van der Waals surface area contributed by atoms with Gasteiger partial charge in [-0.2, -0.15) is 0 Å². The normalized spacial score (nSPS) is 9.44. The van der Waals surface area contributed by atoms with E-state index < -0.39 is 0 Å². The third-order valence-electron chi connectivity index (χ3n) is 0.782. The summed E-state index contributed by atoms with van der Waals surface area (Å²) in [6.45, 7) is 5.58. The van der Waals surface area contributed by atoms with Gasteiger partial charge in [0.1, 0.15) is 0 Å². The van der Waals surface area contributed by atoms with Crippen LogP contribution in [0.4, 0.5) is 0 Å². The molecule has 0 N–H and O–H groups in total. The van der Waals surface area contributed by atoms with E-state index in [0.717, 1.165) is 10.0 Å². The lowest BCUT2D eigenvalue weighted by molar-refractivity contribution is 1.16. The fourth-order valence-corrected chi connectivity index (χ4v) is 1.89. The van der Waals surface area contributed by atoms with E-state index in [0.29, 0.717) is 0 Å². The van der Waals surface area contributed by atoms with Crippen molar-refractivity contribution in [2.24, 2.45) is 0 Å². The number of aromatic nitrogens is 1. The average Bonchev–Trinajstić information content (AvgIpc) is 2.17. The van der Waals surface area contributed by atoms with Gasteiger partial charge in [0.2, 0.25) is 0 Å². The Bertz CT molecular complexity index is 205. The number of hydrogen-bond donors (Lipinski definition) is 0. The van der Waals surface area contributed by atoms with Crippen LogP contribution in [0.25, 0.3) is 0 Å². The van der Waals surface area contributed by atoms with Crippen LogP contribution in [0.5, 0.6) is 0 Å². The van der Waals surface area contributed by atoms with Gasteiger partial charge in [0.25, 0.3) is 0 Å². The average molecular weight is 157 g/mol. The predicted octanol–water partition coefficient (Wildman–Crippen LogP) is 2.69. The van der Waals surface area contributed by atoms with E-state index in [9.17, 15) is 0 Å². The van der Waals surface area contributed by atoms with Crippen molar-refractivity contribution in [3.63, 3.8) is 0 Å². The molecular formula is C6H7NS2. The fourth-order valence-electron chi connectivity index (χ4n) is 0.458. The molecular weight excluding hydrogens is 150 g/mol. The summed E-state index contributed by atoms with van der Waals surface area (Å²) in [5.41, 5.74) is 1.09. The third-order valence-corrected chi connectivity index (χ3v) is 2.57. The minimum atomic E-state index is 1.07. The van der Waals surface area contributed by atoms with Gasteiger partial charge in [0.15, 0.2) is 4.34 Å². The molecule has 0 aromatic carbocycles. The summed E-state index contributed by atoms with van der Waals surface area (Å²) >= 11 is 3.22. The maximum atomic E-state index is 4.21. The Labute approximate surface area is 62.8 Å². The summed E-state index contributed by atoms with van der Waals surface area (Å²) in [7, 11) is 0. The molecule has 1 aromatic rings. The van der Waals surface area contributed by atoms with Gasteiger partial charge >= 0.3 is 0 Å². The topological polar surface area (TPSA) is 12.9 Å². The summed E-state index contributed by atoms with van der Waals surface area (Å²) in [4.78, 5) is 4.21. The standard InChI is InChI=1S/C6H7NS2/c1-3-8-6-7-5(2)4-9-6/h3-4H,1H2,2H3. The monoisotopic (exact) mass is 157 g/mol. The van der Waals surface area contributed by atoms with Gasteiger partial charge < -0.3 is 0 Å². The number of rotatable bonds is 2. The van der Waals surface area contributed by atoms with Crippen LogP contribution in [-0.4, -0.2) is 4.98 Å². The van der Waals surface area contributed by atoms with Crippen LogP contribution in [0.3, 0.4) is 0 Å². The minimum Gasteiger partial charge on any atom is -0.235 e. The highest BCUT2D eigenvalue weighted by atomic mass is 32.2. The summed E-state index contributed by atoms with van der Waals surface area (Å²) in [6, 6.07) is 0. The first-order valence-corrected chi connectivity index (χ1v) is 4.28. The smallest absolute Gasteiger partial charge is 0.154 e. The SMILES string of the molecule is C=CSc1nc(C)cs1. The lowest BCUT2D eigenvalue weighted by atomic mass is 10.6. The van der Waals surface area contributed by atoms with E-state index in [1.807, 2.05) is 12.3 Å². The highest BCUT2D eigenvalue weighted by Gasteiger charge is 1.93. The lowest BCUT2D eigenvalue weighted by Crippen LogP contribution is -1.66. The molecule has 9 heavy (non-hydrogen) atoms. The molecule has 0 unspecified atom stereocenters. The third kappa shape index (κ3) is 1.84. The Kier molecular flexibility index (Phi) is 2.30. The minimum absolute atomic E-state index is 1.07. The van der Waals surface area contributed by atoms with Crippen molar-refractivity contribution in [2.45, 2.75) is 11.3 Å². The molecule has 1 aromatic heterocycles. The van der Waals surface area contributed by atoms with Crippen molar-refractivity contribution in [3.8, 4) is 0 Å². The largest absolute Gasteiger partial charge is 0.235 e. The van der Waals surface area contributed by atoms with Crippen molar-refractivity contribution >= 4 is 23.1 Å². The summed E-state index contributed by atoms with van der Waals surface area (Å²) in [6.07, 6.45) is 0. The molecule has 0 saturated carbocycles. The van der Waals surface area contributed by atoms with Crippen molar-refractivity contribution < 1.29 is 0 Å². The van der Waals surface area contributed by atoms with E-state index in [4.69, 9.17) is 0 Å². The first kappa shape index (κ1) is 6.83. The first-order chi connectivity index (χ1) is 4.33. The molecule has 0 aliphatic carbocycles. The zero-order valence-corrected chi connectivity index (χ0v) is 6.76. The Morgan fingerprint density at radius 3 is 3.11 bits per heavy atom. The summed E-state index contributed by atoms with van der Waals surface area (Å²) in [5, 5.41) is 3.82. The highest BCUT2D eigenvalue weighted by Crippen LogP contribution is 2.21. The highest BCUT2D eigenvalue weighted by molar-refractivity contribution is 8.03. The molecule has 0 atom stereocenters. The Balaban J connectivity index is 2.72. The number of thioether (sulfide) groups is 1. The van der Waals surface area contributed by atoms with Gasteiger partial charge in [0, 0.05) is 11.1 Å². The van der Waals surface area contributed by atoms with Gasteiger partial charge in [-0.15, -0.1) is 11.3 Å². The molecule has 0 amide bonds. The molecule has 1 heterocycles. The van der Waals surface area contributed by atoms with E-state index in [2.05, 4.69) is 11.6 Å². The maximum absolute atomic E-state index is 4.21. The zero-order valence-electron chi connectivity index (χ0n) is 5.13. The number of hydrogen-bond acceptors (Lipinski definition) is 3. The Morgan fingerprint density at radius 1 is 1.89 bits per heavy atom. The number of nitrogens with zero attached hydrogens (tertiary/aromatic N) is 1. The Morgan fingerprint density at radius 2 is 2.67 bits per heavy atom. The molecule has 1 rings (SSSR count). The lowest BCUT2D eigenvalue weighted by Gasteiger charge is -1.81.